The minimum atomic E-state index is -3.03. The molecule has 1 atom stereocenters. The summed E-state index contributed by atoms with van der Waals surface area (Å²) >= 11 is 0. The first kappa shape index (κ1) is 11.2. The Morgan fingerprint density at radius 3 is 2.36 bits per heavy atom. The first-order valence-corrected chi connectivity index (χ1v) is 6.28. The number of nitrogens with one attached hydrogen (secondary N) is 1. The molecule has 0 unspecified atom stereocenters. The van der Waals surface area contributed by atoms with E-state index >= 15 is 0 Å². The second-order valence-electron chi connectivity index (χ2n) is 3.22. The topological polar surface area (TPSA) is 72.2 Å². The normalized spacial score (nSPS) is 13.9. The lowest BCUT2D eigenvalue weighted by Crippen LogP contribution is -2.32. The van der Waals surface area contributed by atoms with Crippen molar-refractivity contribution in [3.63, 3.8) is 0 Å². The molecule has 1 aromatic carbocycles. The zero-order chi connectivity index (χ0) is 10.6. The number of hydrogen-bond acceptors (Lipinski definition) is 4. The van der Waals surface area contributed by atoms with Crippen LogP contribution in [0.2, 0.25) is 0 Å². The highest BCUT2D eigenvalue weighted by Gasteiger charge is 2.15. The van der Waals surface area contributed by atoms with Crippen molar-refractivity contribution in [1.82, 2.24) is 5.43 Å². The smallest absolute Gasteiger partial charge is 0.149 e. The molecule has 0 bridgehead atoms. The fourth-order valence-corrected chi connectivity index (χ4v) is 2.12. The first-order chi connectivity index (χ1) is 6.53. The Morgan fingerprint density at radius 2 is 1.93 bits per heavy atom. The van der Waals surface area contributed by atoms with Crippen LogP contribution >= 0.6 is 0 Å². The fourth-order valence-electron chi connectivity index (χ4n) is 1.23. The van der Waals surface area contributed by atoms with E-state index in [1.165, 1.54) is 6.26 Å². The van der Waals surface area contributed by atoms with Gasteiger partial charge in [-0.2, -0.15) is 0 Å². The summed E-state index contributed by atoms with van der Waals surface area (Å²) in [5, 5.41) is 0. The number of benzene rings is 1. The molecule has 0 amide bonds. The van der Waals surface area contributed by atoms with Gasteiger partial charge in [0.25, 0.3) is 0 Å². The Labute approximate surface area is 84.0 Å². The molecule has 0 aliphatic rings. The van der Waals surface area contributed by atoms with Gasteiger partial charge in [0.05, 0.1) is 11.8 Å². The lowest BCUT2D eigenvalue weighted by Gasteiger charge is -2.14. The summed E-state index contributed by atoms with van der Waals surface area (Å²) in [6.07, 6.45) is 1.19. The third kappa shape index (κ3) is 3.45. The van der Waals surface area contributed by atoms with Crippen LogP contribution in [0, 0.1) is 0 Å². The molecule has 1 aromatic rings. The lowest BCUT2D eigenvalue weighted by molar-refractivity contribution is 0.564. The van der Waals surface area contributed by atoms with Crippen LogP contribution in [0.5, 0.6) is 0 Å². The van der Waals surface area contributed by atoms with Gasteiger partial charge in [-0.1, -0.05) is 30.3 Å². The number of hydrazine groups is 1. The van der Waals surface area contributed by atoms with Gasteiger partial charge in [-0.05, 0) is 5.56 Å². The number of hydrogen-bond donors (Lipinski definition) is 2. The molecule has 0 aliphatic carbocycles. The molecule has 0 radical (unpaired) electrons. The third-order valence-electron chi connectivity index (χ3n) is 1.87. The molecule has 0 aliphatic heterocycles. The Morgan fingerprint density at radius 1 is 1.36 bits per heavy atom. The maximum absolute atomic E-state index is 11.1. The number of rotatable bonds is 4. The van der Waals surface area contributed by atoms with E-state index < -0.39 is 9.84 Å². The van der Waals surface area contributed by atoms with Gasteiger partial charge >= 0.3 is 0 Å². The van der Waals surface area contributed by atoms with Gasteiger partial charge in [-0.15, -0.1) is 0 Å². The second-order valence-corrected chi connectivity index (χ2v) is 5.41. The Balaban J connectivity index is 2.84. The van der Waals surface area contributed by atoms with E-state index in [4.69, 9.17) is 5.84 Å². The summed E-state index contributed by atoms with van der Waals surface area (Å²) in [5.74, 6) is 5.30. The van der Waals surface area contributed by atoms with Crippen LogP contribution in [0.3, 0.4) is 0 Å². The molecule has 14 heavy (non-hydrogen) atoms. The van der Waals surface area contributed by atoms with Crippen LogP contribution < -0.4 is 11.3 Å². The van der Waals surface area contributed by atoms with Crippen molar-refractivity contribution in [2.24, 2.45) is 5.84 Å². The summed E-state index contributed by atoms with van der Waals surface area (Å²) in [6, 6.07) is 8.92. The van der Waals surface area contributed by atoms with Gasteiger partial charge in [0.1, 0.15) is 9.84 Å². The zero-order valence-electron chi connectivity index (χ0n) is 7.97. The summed E-state index contributed by atoms with van der Waals surface area (Å²) in [7, 11) is -3.03. The Hall–Kier alpha value is -0.910. The van der Waals surface area contributed by atoms with E-state index in [2.05, 4.69) is 5.43 Å². The van der Waals surface area contributed by atoms with E-state index in [-0.39, 0.29) is 11.8 Å². The predicted octanol–water partition coefficient (Wildman–Crippen LogP) is 0.236. The van der Waals surface area contributed by atoms with Gasteiger partial charge in [0, 0.05) is 6.26 Å². The highest BCUT2D eigenvalue weighted by molar-refractivity contribution is 7.90. The maximum atomic E-state index is 11.1. The summed E-state index contributed by atoms with van der Waals surface area (Å²) < 4.78 is 22.2. The van der Waals surface area contributed by atoms with E-state index in [9.17, 15) is 8.42 Å². The fraction of sp³-hybridized carbons (Fsp3) is 0.333. The van der Waals surface area contributed by atoms with Gasteiger partial charge in [0.2, 0.25) is 0 Å². The van der Waals surface area contributed by atoms with Crippen molar-refractivity contribution in [3.8, 4) is 0 Å². The predicted molar refractivity (Wildman–Crippen MR) is 56.2 cm³/mol. The summed E-state index contributed by atoms with van der Waals surface area (Å²) in [4.78, 5) is 0. The van der Waals surface area contributed by atoms with Crippen LogP contribution in [0.25, 0.3) is 0 Å². The highest BCUT2D eigenvalue weighted by Crippen LogP contribution is 2.12. The van der Waals surface area contributed by atoms with Crippen molar-refractivity contribution in [1.29, 1.82) is 0 Å². The van der Waals surface area contributed by atoms with Crippen molar-refractivity contribution in [2.75, 3.05) is 12.0 Å². The van der Waals surface area contributed by atoms with Crippen LogP contribution in [-0.2, 0) is 9.84 Å². The summed E-state index contributed by atoms with van der Waals surface area (Å²) in [5.41, 5.74) is 3.37. The Bertz CT molecular complexity index is 375. The van der Waals surface area contributed by atoms with Crippen LogP contribution in [0.15, 0.2) is 30.3 Å². The number of sulfone groups is 1. The van der Waals surface area contributed by atoms with Crippen LogP contribution in [-0.4, -0.2) is 20.4 Å². The van der Waals surface area contributed by atoms with Crippen molar-refractivity contribution < 1.29 is 8.42 Å². The molecular weight excluding hydrogens is 200 g/mol. The molecular formula is C9H14N2O2S. The van der Waals surface area contributed by atoms with Gasteiger partial charge in [0.15, 0.2) is 0 Å². The monoisotopic (exact) mass is 214 g/mol. The molecule has 0 aromatic heterocycles. The SMILES string of the molecule is CS(=O)(=O)C[C@@H](NN)c1ccccc1. The van der Waals surface area contributed by atoms with Gasteiger partial charge < -0.3 is 0 Å². The van der Waals surface area contributed by atoms with E-state index in [0.29, 0.717) is 0 Å². The molecule has 0 spiro atoms. The van der Waals surface area contributed by atoms with Crippen molar-refractivity contribution in [3.05, 3.63) is 35.9 Å². The van der Waals surface area contributed by atoms with Crippen molar-refractivity contribution in [2.45, 2.75) is 6.04 Å². The molecule has 5 heteroatoms. The highest BCUT2D eigenvalue weighted by atomic mass is 32.2. The molecule has 0 saturated heterocycles. The largest absolute Gasteiger partial charge is 0.271 e. The van der Waals surface area contributed by atoms with Crippen LogP contribution in [0.1, 0.15) is 11.6 Å². The van der Waals surface area contributed by atoms with E-state index in [1.807, 2.05) is 30.3 Å². The second kappa shape index (κ2) is 4.54. The minimum absolute atomic E-state index is 0.00745. The lowest BCUT2D eigenvalue weighted by atomic mass is 10.1. The molecule has 3 N–H and O–H groups in total. The first-order valence-electron chi connectivity index (χ1n) is 4.22. The maximum Gasteiger partial charge on any atom is 0.149 e. The van der Waals surface area contributed by atoms with Crippen LogP contribution in [0.4, 0.5) is 0 Å². The molecule has 4 nitrogen and oxygen atoms in total. The summed E-state index contributed by atoms with van der Waals surface area (Å²) in [6.45, 7) is 0. The average Bonchev–Trinajstić information content (AvgIpc) is 2.14. The van der Waals surface area contributed by atoms with Gasteiger partial charge in [-0.25, -0.2) is 8.42 Å². The molecule has 0 fully saturated rings. The van der Waals surface area contributed by atoms with E-state index in [0.717, 1.165) is 5.56 Å². The molecule has 0 saturated carbocycles. The standard InChI is InChI=1S/C9H14N2O2S/c1-14(12,13)7-9(11-10)8-5-3-2-4-6-8/h2-6,9,11H,7,10H2,1H3/t9-/m1/s1. The zero-order valence-corrected chi connectivity index (χ0v) is 8.79. The number of nitrogens with two attached hydrogens (primary N) is 1. The van der Waals surface area contributed by atoms with Gasteiger partial charge in [-0.3, -0.25) is 11.3 Å². The van der Waals surface area contributed by atoms with Crippen molar-refractivity contribution >= 4 is 9.84 Å². The Kier molecular flexibility index (Phi) is 3.62. The third-order valence-corrected chi connectivity index (χ3v) is 2.81. The minimum Gasteiger partial charge on any atom is -0.271 e. The quantitative estimate of drug-likeness (QED) is 0.556. The molecule has 1 rings (SSSR count). The average molecular weight is 214 g/mol. The molecule has 78 valence electrons. The molecule has 0 heterocycles. The van der Waals surface area contributed by atoms with E-state index in [1.54, 1.807) is 0 Å².